The maximum atomic E-state index is 12.7. The minimum absolute atomic E-state index is 0.127. The SMILES string of the molecule is CSC1Cc2c(ccc(C(=O)C3=C(Cl)CCCC3=O)c2Cl)S1. The molecular weight excluding hydrogens is 359 g/mol. The number of ketones is 2. The minimum atomic E-state index is -0.333. The standard InChI is InChI=1S/C16H14Cl2O2S2/c1-21-13-7-9-12(22-13)6-5-8(15(9)18)16(20)14-10(17)3-2-4-11(14)19/h5-6,13H,2-4,7H2,1H3. The van der Waals surface area contributed by atoms with Crippen LogP contribution in [-0.2, 0) is 11.2 Å². The van der Waals surface area contributed by atoms with Crippen LogP contribution in [0.25, 0.3) is 0 Å². The Morgan fingerprint density at radius 3 is 2.77 bits per heavy atom. The Labute approximate surface area is 148 Å². The molecule has 0 saturated heterocycles. The predicted molar refractivity (Wildman–Crippen MR) is 94.4 cm³/mol. The first-order valence-corrected chi connectivity index (χ1v) is 9.92. The van der Waals surface area contributed by atoms with Crippen LogP contribution < -0.4 is 0 Å². The second kappa shape index (κ2) is 6.60. The van der Waals surface area contributed by atoms with Crippen molar-refractivity contribution in [3.63, 3.8) is 0 Å². The summed E-state index contributed by atoms with van der Waals surface area (Å²) in [4.78, 5) is 25.9. The highest BCUT2D eigenvalue weighted by atomic mass is 35.5. The molecule has 2 aliphatic rings. The van der Waals surface area contributed by atoms with Gasteiger partial charge in [0, 0.05) is 21.9 Å². The lowest BCUT2D eigenvalue weighted by Crippen LogP contribution is -2.18. The van der Waals surface area contributed by atoms with Crippen molar-refractivity contribution in [1.29, 1.82) is 0 Å². The van der Waals surface area contributed by atoms with E-state index in [0.29, 0.717) is 39.5 Å². The first kappa shape index (κ1) is 16.4. The van der Waals surface area contributed by atoms with Crippen molar-refractivity contribution < 1.29 is 9.59 Å². The normalized spacial score (nSPS) is 21.2. The molecule has 3 rings (SSSR count). The van der Waals surface area contributed by atoms with Crippen molar-refractivity contribution in [2.24, 2.45) is 0 Å². The van der Waals surface area contributed by atoms with Gasteiger partial charge in [-0.15, -0.1) is 11.8 Å². The zero-order valence-corrected chi connectivity index (χ0v) is 15.1. The van der Waals surface area contributed by atoms with Gasteiger partial charge in [0.15, 0.2) is 11.6 Å². The predicted octanol–water partition coefficient (Wildman–Crippen LogP) is 5.11. The summed E-state index contributed by atoms with van der Waals surface area (Å²) < 4.78 is 0.428. The molecular formula is C16H14Cl2O2S2. The molecule has 0 saturated carbocycles. The van der Waals surface area contributed by atoms with Crippen LogP contribution in [0.5, 0.6) is 0 Å². The Balaban J connectivity index is 2.00. The van der Waals surface area contributed by atoms with Gasteiger partial charge in [-0.2, -0.15) is 11.8 Å². The smallest absolute Gasteiger partial charge is 0.199 e. The molecule has 1 aromatic rings. The largest absolute Gasteiger partial charge is 0.294 e. The second-order valence-electron chi connectivity index (χ2n) is 5.28. The summed E-state index contributed by atoms with van der Waals surface area (Å²) in [6.45, 7) is 0. The van der Waals surface area contributed by atoms with Crippen LogP contribution in [0.2, 0.25) is 5.02 Å². The zero-order chi connectivity index (χ0) is 15.9. The molecule has 0 radical (unpaired) electrons. The van der Waals surface area contributed by atoms with Gasteiger partial charge in [0.1, 0.15) is 0 Å². The maximum Gasteiger partial charge on any atom is 0.199 e. The molecule has 0 spiro atoms. The number of allylic oxidation sites excluding steroid dienone is 2. The number of benzene rings is 1. The number of thioether (sulfide) groups is 2. The molecule has 0 aromatic heterocycles. The molecule has 116 valence electrons. The van der Waals surface area contributed by atoms with E-state index >= 15 is 0 Å². The van der Waals surface area contributed by atoms with Gasteiger partial charge in [-0.1, -0.05) is 23.2 Å². The van der Waals surface area contributed by atoms with E-state index < -0.39 is 0 Å². The summed E-state index contributed by atoms with van der Waals surface area (Å²) in [5.41, 5.74) is 1.53. The lowest BCUT2D eigenvalue weighted by atomic mass is 9.91. The molecule has 1 aliphatic heterocycles. The van der Waals surface area contributed by atoms with Crippen molar-refractivity contribution in [2.45, 2.75) is 35.2 Å². The Morgan fingerprint density at radius 2 is 2.09 bits per heavy atom. The number of hydrogen-bond acceptors (Lipinski definition) is 4. The molecule has 6 heteroatoms. The van der Waals surface area contributed by atoms with Gasteiger partial charge in [0.2, 0.25) is 0 Å². The van der Waals surface area contributed by atoms with Gasteiger partial charge in [-0.25, -0.2) is 0 Å². The molecule has 0 amide bonds. The summed E-state index contributed by atoms with van der Waals surface area (Å²) >= 11 is 16.1. The highest BCUT2D eigenvalue weighted by Crippen LogP contribution is 2.45. The summed E-state index contributed by atoms with van der Waals surface area (Å²) in [6.07, 6.45) is 4.57. The lowest BCUT2D eigenvalue weighted by molar-refractivity contribution is -0.115. The molecule has 0 N–H and O–H groups in total. The summed E-state index contributed by atoms with van der Waals surface area (Å²) in [5.74, 6) is -0.505. The van der Waals surface area contributed by atoms with Crippen LogP contribution in [0.3, 0.4) is 0 Å². The van der Waals surface area contributed by atoms with Crippen molar-refractivity contribution in [2.75, 3.05) is 6.26 Å². The van der Waals surface area contributed by atoms with Crippen LogP contribution in [0.4, 0.5) is 0 Å². The number of hydrogen-bond donors (Lipinski definition) is 0. The minimum Gasteiger partial charge on any atom is -0.294 e. The third-order valence-electron chi connectivity index (χ3n) is 3.91. The Hall–Kier alpha value is -0.420. The summed E-state index contributed by atoms with van der Waals surface area (Å²) in [6, 6.07) is 3.65. The van der Waals surface area contributed by atoms with Gasteiger partial charge >= 0.3 is 0 Å². The van der Waals surface area contributed by atoms with Gasteiger partial charge in [0.05, 0.1) is 15.2 Å². The van der Waals surface area contributed by atoms with E-state index in [-0.39, 0.29) is 17.1 Å². The highest BCUT2D eigenvalue weighted by Gasteiger charge is 2.31. The van der Waals surface area contributed by atoms with E-state index in [9.17, 15) is 9.59 Å². The van der Waals surface area contributed by atoms with E-state index in [1.54, 1.807) is 29.6 Å². The average Bonchev–Trinajstić information content (AvgIpc) is 2.91. The quantitative estimate of drug-likeness (QED) is 0.545. The lowest BCUT2D eigenvalue weighted by Gasteiger charge is -2.15. The van der Waals surface area contributed by atoms with Crippen molar-refractivity contribution in [3.05, 3.63) is 38.9 Å². The van der Waals surface area contributed by atoms with Gasteiger partial charge < -0.3 is 0 Å². The molecule has 1 unspecified atom stereocenters. The fourth-order valence-corrected chi connectivity index (χ4v) is 5.50. The zero-order valence-electron chi connectivity index (χ0n) is 11.9. The molecule has 0 fully saturated rings. The van der Waals surface area contributed by atoms with Gasteiger partial charge in [-0.3, -0.25) is 9.59 Å². The fraction of sp³-hybridized carbons (Fsp3) is 0.375. The third-order valence-corrected chi connectivity index (χ3v) is 7.35. The average molecular weight is 373 g/mol. The highest BCUT2D eigenvalue weighted by molar-refractivity contribution is 8.17. The molecule has 1 aliphatic carbocycles. The Bertz CT molecular complexity index is 698. The molecule has 22 heavy (non-hydrogen) atoms. The maximum absolute atomic E-state index is 12.7. The number of rotatable bonds is 3. The van der Waals surface area contributed by atoms with Gasteiger partial charge in [-0.05, 0) is 43.2 Å². The van der Waals surface area contributed by atoms with Gasteiger partial charge in [0.25, 0.3) is 0 Å². The summed E-state index contributed by atoms with van der Waals surface area (Å²) in [7, 11) is 0. The van der Waals surface area contributed by atoms with E-state index in [1.165, 1.54) is 0 Å². The summed E-state index contributed by atoms with van der Waals surface area (Å²) in [5, 5.41) is 0.844. The van der Waals surface area contributed by atoms with Crippen LogP contribution in [0.15, 0.2) is 27.6 Å². The van der Waals surface area contributed by atoms with Crippen LogP contribution in [0.1, 0.15) is 35.2 Å². The first-order chi connectivity index (χ1) is 10.5. The molecule has 1 aromatic carbocycles. The number of fused-ring (bicyclic) bond motifs is 1. The number of Topliss-reactive ketones (excluding diaryl/α,β-unsaturated/α-hetero) is 2. The Kier molecular flexibility index (Phi) is 4.93. The van der Waals surface area contributed by atoms with E-state index in [0.717, 1.165) is 16.9 Å². The second-order valence-corrected chi connectivity index (χ2v) is 8.69. The molecule has 1 heterocycles. The fourth-order valence-electron chi connectivity index (χ4n) is 2.75. The topological polar surface area (TPSA) is 34.1 Å². The van der Waals surface area contributed by atoms with Crippen LogP contribution in [-0.4, -0.2) is 22.4 Å². The number of carbonyl (C=O) groups is 2. The Morgan fingerprint density at radius 1 is 1.32 bits per heavy atom. The van der Waals surface area contributed by atoms with Crippen molar-refractivity contribution in [3.8, 4) is 0 Å². The van der Waals surface area contributed by atoms with E-state index in [4.69, 9.17) is 23.2 Å². The molecule has 0 bridgehead atoms. The third kappa shape index (κ3) is 2.86. The van der Waals surface area contributed by atoms with Crippen LogP contribution in [0, 0.1) is 0 Å². The monoisotopic (exact) mass is 372 g/mol. The van der Waals surface area contributed by atoms with Crippen LogP contribution >= 0.6 is 46.7 Å². The van der Waals surface area contributed by atoms with Crippen molar-refractivity contribution >= 4 is 58.3 Å². The number of halogens is 2. The van der Waals surface area contributed by atoms with E-state index in [1.807, 2.05) is 6.07 Å². The molecule has 2 nitrogen and oxygen atoms in total. The van der Waals surface area contributed by atoms with E-state index in [2.05, 4.69) is 6.26 Å². The first-order valence-electron chi connectivity index (χ1n) is 7.00. The van der Waals surface area contributed by atoms with Crippen molar-refractivity contribution in [1.82, 2.24) is 0 Å². The number of carbonyl (C=O) groups excluding carboxylic acids is 2. The molecule has 1 atom stereocenters.